The fraction of sp³-hybridized carbons (Fsp3) is 0.0526. The number of ether oxygens (including phenoxy) is 1. The normalized spacial score (nSPS) is 10.8. The molecule has 0 bridgehead atoms. The van der Waals surface area contributed by atoms with Crippen molar-refractivity contribution in [1.29, 1.82) is 0 Å². The van der Waals surface area contributed by atoms with Gasteiger partial charge in [-0.2, -0.15) is 0 Å². The van der Waals surface area contributed by atoms with Crippen molar-refractivity contribution in [1.82, 2.24) is 19.9 Å². The molecule has 0 aliphatic heterocycles. The lowest BCUT2D eigenvalue weighted by Crippen LogP contribution is -2.09. The summed E-state index contributed by atoms with van der Waals surface area (Å²) in [5.74, 6) is 1.50. The molecule has 0 radical (unpaired) electrons. The zero-order valence-electron chi connectivity index (χ0n) is 13.4. The fourth-order valence-corrected chi connectivity index (χ4v) is 2.54. The van der Waals surface area contributed by atoms with E-state index < -0.39 is 0 Å². The summed E-state index contributed by atoms with van der Waals surface area (Å²) in [4.78, 5) is 27.9. The van der Waals surface area contributed by atoms with Gasteiger partial charge in [-0.05, 0) is 31.2 Å². The second-order valence-corrected chi connectivity index (χ2v) is 5.56. The van der Waals surface area contributed by atoms with E-state index in [1.807, 2.05) is 43.3 Å². The number of aromatic amines is 1. The fourth-order valence-electron chi connectivity index (χ4n) is 2.54. The van der Waals surface area contributed by atoms with Gasteiger partial charge in [0.1, 0.15) is 11.6 Å². The summed E-state index contributed by atoms with van der Waals surface area (Å²) in [5, 5.41) is 0.564. The largest absolute Gasteiger partial charge is 0.437 e. The Hall–Kier alpha value is -3.54. The number of H-pyrrole nitrogens is 1. The highest BCUT2D eigenvalue weighted by Crippen LogP contribution is 2.24. The quantitative estimate of drug-likeness (QED) is 0.622. The highest BCUT2D eigenvalue weighted by molar-refractivity contribution is 5.79. The maximum atomic E-state index is 12.2. The van der Waals surface area contributed by atoms with Gasteiger partial charge in [-0.15, -0.1) is 0 Å². The van der Waals surface area contributed by atoms with E-state index in [2.05, 4.69) is 19.9 Å². The molecule has 0 spiro atoms. The predicted molar refractivity (Wildman–Crippen MR) is 94.6 cm³/mol. The molecule has 0 aliphatic rings. The Morgan fingerprint density at radius 1 is 1.00 bits per heavy atom. The molecule has 2 aromatic heterocycles. The van der Waals surface area contributed by atoms with Gasteiger partial charge in [0.25, 0.3) is 5.56 Å². The van der Waals surface area contributed by atoms with E-state index in [0.29, 0.717) is 28.4 Å². The van der Waals surface area contributed by atoms with Gasteiger partial charge in [-0.3, -0.25) is 9.78 Å². The average Bonchev–Trinajstić information content (AvgIpc) is 2.62. The van der Waals surface area contributed by atoms with Crippen LogP contribution in [0.1, 0.15) is 5.69 Å². The molecule has 0 saturated carbocycles. The highest BCUT2D eigenvalue weighted by Gasteiger charge is 2.07. The van der Waals surface area contributed by atoms with Gasteiger partial charge in [-0.1, -0.05) is 24.3 Å². The van der Waals surface area contributed by atoms with Crippen molar-refractivity contribution in [3.63, 3.8) is 0 Å². The molecular formula is C19H14N4O2. The summed E-state index contributed by atoms with van der Waals surface area (Å²) in [6, 6.07) is 14.6. The molecule has 25 heavy (non-hydrogen) atoms. The lowest BCUT2D eigenvalue weighted by Gasteiger charge is -2.07. The SMILES string of the molecule is Cc1cncc(Oc2cccc(-c3nc4ccccc4c(=O)[nH]3)c2)n1. The second kappa shape index (κ2) is 6.16. The van der Waals surface area contributed by atoms with Crippen LogP contribution in [0.2, 0.25) is 0 Å². The Bertz CT molecular complexity index is 1120. The van der Waals surface area contributed by atoms with Gasteiger partial charge in [0.2, 0.25) is 5.88 Å². The number of fused-ring (bicyclic) bond motifs is 1. The molecule has 0 saturated heterocycles. The molecule has 122 valence electrons. The van der Waals surface area contributed by atoms with Crippen molar-refractivity contribution >= 4 is 10.9 Å². The summed E-state index contributed by atoms with van der Waals surface area (Å²) in [7, 11) is 0. The molecule has 2 aromatic carbocycles. The van der Waals surface area contributed by atoms with E-state index >= 15 is 0 Å². The van der Waals surface area contributed by atoms with Crippen LogP contribution in [-0.2, 0) is 0 Å². The molecule has 4 aromatic rings. The van der Waals surface area contributed by atoms with E-state index in [0.717, 1.165) is 11.3 Å². The van der Waals surface area contributed by atoms with Gasteiger partial charge in [0.05, 0.1) is 22.8 Å². The Balaban J connectivity index is 1.73. The predicted octanol–water partition coefficient (Wildman–Crippen LogP) is 3.48. The van der Waals surface area contributed by atoms with E-state index in [9.17, 15) is 4.79 Å². The standard InChI is InChI=1S/C19H14N4O2/c1-12-10-20-11-17(21-12)25-14-6-4-5-13(9-14)18-22-16-8-3-2-7-15(16)19(24)23-18/h2-11H,1H3,(H,22,23,24). The van der Waals surface area contributed by atoms with E-state index in [1.54, 1.807) is 24.5 Å². The smallest absolute Gasteiger partial charge is 0.259 e. The summed E-state index contributed by atoms with van der Waals surface area (Å²) in [6.07, 6.45) is 3.21. The highest BCUT2D eigenvalue weighted by atomic mass is 16.5. The molecule has 0 atom stereocenters. The van der Waals surface area contributed by atoms with Crippen LogP contribution in [0, 0.1) is 6.92 Å². The van der Waals surface area contributed by atoms with Crippen molar-refractivity contribution in [3.05, 3.63) is 77.0 Å². The van der Waals surface area contributed by atoms with Crippen LogP contribution < -0.4 is 10.3 Å². The molecule has 1 N–H and O–H groups in total. The van der Waals surface area contributed by atoms with Crippen LogP contribution in [0.4, 0.5) is 0 Å². The first-order valence-electron chi connectivity index (χ1n) is 7.75. The molecule has 6 heteroatoms. The number of nitrogens with zero attached hydrogens (tertiary/aromatic N) is 3. The summed E-state index contributed by atoms with van der Waals surface area (Å²) < 4.78 is 5.75. The van der Waals surface area contributed by atoms with Gasteiger partial charge < -0.3 is 9.72 Å². The molecule has 0 fully saturated rings. The number of aryl methyl sites for hydroxylation is 1. The maximum Gasteiger partial charge on any atom is 0.259 e. The van der Waals surface area contributed by atoms with Crippen molar-refractivity contribution in [3.8, 4) is 23.0 Å². The van der Waals surface area contributed by atoms with Crippen LogP contribution in [0.15, 0.2) is 65.7 Å². The minimum atomic E-state index is -0.170. The van der Waals surface area contributed by atoms with Crippen molar-refractivity contribution < 1.29 is 4.74 Å². The molecule has 0 aliphatic carbocycles. The maximum absolute atomic E-state index is 12.2. The number of nitrogens with one attached hydrogen (secondary N) is 1. The lowest BCUT2D eigenvalue weighted by atomic mass is 10.2. The summed E-state index contributed by atoms with van der Waals surface area (Å²) >= 11 is 0. The number of para-hydroxylation sites is 1. The third-order valence-electron chi connectivity index (χ3n) is 3.68. The second-order valence-electron chi connectivity index (χ2n) is 5.56. The molecule has 0 amide bonds. The molecule has 0 unspecified atom stereocenters. The first-order valence-corrected chi connectivity index (χ1v) is 7.75. The van der Waals surface area contributed by atoms with E-state index in [1.165, 1.54) is 0 Å². The Kier molecular flexibility index (Phi) is 3.70. The number of hydrogen-bond donors (Lipinski definition) is 1. The Morgan fingerprint density at radius 2 is 1.88 bits per heavy atom. The number of hydrogen-bond acceptors (Lipinski definition) is 5. The van der Waals surface area contributed by atoms with Crippen LogP contribution in [0.3, 0.4) is 0 Å². The number of benzene rings is 2. The van der Waals surface area contributed by atoms with Crippen molar-refractivity contribution in [2.45, 2.75) is 6.92 Å². The van der Waals surface area contributed by atoms with E-state index in [4.69, 9.17) is 4.74 Å². The molecule has 4 rings (SSSR count). The van der Waals surface area contributed by atoms with Crippen LogP contribution in [-0.4, -0.2) is 19.9 Å². The third kappa shape index (κ3) is 3.10. The van der Waals surface area contributed by atoms with Crippen LogP contribution >= 0.6 is 0 Å². The van der Waals surface area contributed by atoms with Crippen molar-refractivity contribution in [2.24, 2.45) is 0 Å². The molecule has 2 heterocycles. The van der Waals surface area contributed by atoms with Crippen molar-refractivity contribution in [2.75, 3.05) is 0 Å². The number of aromatic nitrogens is 4. The summed E-state index contributed by atoms with van der Waals surface area (Å²) in [5.41, 5.74) is 2.00. The zero-order chi connectivity index (χ0) is 17.2. The first kappa shape index (κ1) is 15.0. The van der Waals surface area contributed by atoms with Gasteiger partial charge >= 0.3 is 0 Å². The zero-order valence-corrected chi connectivity index (χ0v) is 13.4. The number of rotatable bonds is 3. The van der Waals surface area contributed by atoms with Gasteiger partial charge in [0, 0.05) is 11.8 Å². The van der Waals surface area contributed by atoms with Gasteiger partial charge in [-0.25, -0.2) is 9.97 Å². The summed E-state index contributed by atoms with van der Waals surface area (Å²) in [6.45, 7) is 1.85. The molecule has 6 nitrogen and oxygen atoms in total. The lowest BCUT2D eigenvalue weighted by molar-refractivity contribution is 0.459. The first-order chi connectivity index (χ1) is 12.2. The Labute approximate surface area is 143 Å². The Morgan fingerprint density at radius 3 is 2.76 bits per heavy atom. The van der Waals surface area contributed by atoms with E-state index in [-0.39, 0.29) is 5.56 Å². The van der Waals surface area contributed by atoms with Gasteiger partial charge in [0.15, 0.2) is 0 Å². The minimum absolute atomic E-state index is 0.170. The average molecular weight is 330 g/mol. The monoisotopic (exact) mass is 330 g/mol. The van der Waals surface area contributed by atoms with Crippen LogP contribution in [0.5, 0.6) is 11.6 Å². The topological polar surface area (TPSA) is 80.8 Å². The third-order valence-corrected chi connectivity index (χ3v) is 3.68. The minimum Gasteiger partial charge on any atom is -0.437 e. The molecular weight excluding hydrogens is 316 g/mol. The van der Waals surface area contributed by atoms with Crippen LogP contribution in [0.25, 0.3) is 22.3 Å².